The molecule has 6 heteroatoms. The minimum absolute atomic E-state index is 0.0536. The van der Waals surface area contributed by atoms with Gasteiger partial charge in [0.1, 0.15) is 0 Å². The number of pyridine rings is 1. The van der Waals surface area contributed by atoms with E-state index in [2.05, 4.69) is 4.98 Å². The number of hydrogen-bond donors (Lipinski definition) is 0. The zero-order chi connectivity index (χ0) is 16.6. The number of aromatic nitrogens is 1. The maximum atomic E-state index is 11.0. The second-order valence-corrected chi connectivity index (χ2v) is 5.83. The van der Waals surface area contributed by atoms with Crippen molar-refractivity contribution in [2.24, 2.45) is 0 Å². The lowest BCUT2D eigenvalue weighted by molar-refractivity contribution is -0.384. The van der Waals surface area contributed by atoms with Crippen molar-refractivity contribution in [3.63, 3.8) is 0 Å². The van der Waals surface area contributed by atoms with Gasteiger partial charge in [-0.3, -0.25) is 10.1 Å². The number of non-ortho nitro benzene ring substituents is 1. The molecule has 23 heavy (non-hydrogen) atoms. The van der Waals surface area contributed by atoms with E-state index < -0.39 is 4.92 Å². The number of benzene rings is 2. The van der Waals surface area contributed by atoms with E-state index in [9.17, 15) is 10.1 Å². The van der Waals surface area contributed by atoms with E-state index in [1.54, 1.807) is 12.1 Å². The Morgan fingerprint density at radius 1 is 1.13 bits per heavy atom. The fraction of sp³-hybridized carbons (Fsp3) is 0.118. The SMILES string of the molecule is CN(C)c1cc(-c2cccc(Cl)c2)nc2ccc([N+](=O)[O-])cc12. The summed E-state index contributed by atoms with van der Waals surface area (Å²) < 4.78 is 0. The van der Waals surface area contributed by atoms with Gasteiger partial charge in [0.05, 0.1) is 16.1 Å². The largest absolute Gasteiger partial charge is 0.377 e. The van der Waals surface area contributed by atoms with Crippen LogP contribution in [0.2, 0.25) is 5.02 Å². The van der Waals surface area contributed by atoms with Crippen LogP contribution in [-0.2, 0) is 0 Å². The molecular weight excluding hydrogens is 314 g/mol. The minimum atomic E-state index is -0.399. The normalized spacial score (nSPS) is 10.7. The van der Waals surface area contributed by atoms with Crippen LogP contribution < -0.4 is 4.90 Å². The van der Waals surface area contributed by atoms with E-state index in [0.717, 1.165) is 22.3 Å². The Hall–Kier alpha value is -2.66. The van der Waals surface area contributed by atoms with E-state index in [1.165, 1.54) is 6.07 Å². The molecule has 1 aromatic heterocycles. The molecule has 3 rings (SSSR count). The highest BCUT2D eigenvalue weighted by Crippen LogP contribution is 2.32. The summed E-state index contributed by atoms with van der Waals surface area (Å²) in [6.07, 6.45) is 0. The van der Waals surface area contributed by atoms with Crippen molar-refractivity contribution >= 4 is 33.9 Å². The number of nitrogens with zero attached hydrogens (tertiary/aromatic N) is 3. The zero-order valence-corrected chi connectivity index (χ0v) is 13.4. The molecular formula is C17H14ClN3O2. The summed E-state index contributed by atoms with van der Waals surface area (Å²) in [5.74, 6) is 0. The number of nitro groups is 1. The van der Waals surface area contributed by atoms with Crippen LogP contribution in [0.25, 0.3) is 22.2 Å². The van der Waals surface area contributed by atoms with Gasteiger partial charge in [0.25, 0.3) is 5.69 Å². The van der Waals surface area contributed by atoms with Crippen molar-refractivity contribution in [2.45, 2.75) is 0 Å². The van der Waals surface area contributed by atoms with E-state index in [0.29, 0.717) is 10.5 Å². The van der Waals surface area contributed by atoms with E-state index >= 15 is 0 Å². The summed E-state index contributed by atoms with van der Waals surface area (Å²) in [6, 6.07) is 14.1. The van der Waals surface area contributed by atoms with Crippen molar-refractivity contribution < 1.29 is 4.92 Å². The van der Waals surface area contributed by atoms with Crippen LogP contribution in [0, 0.1) is 10.1 Å². The minimum Gasteiger partial charge on any atom is -0.377 e. The number of nitro benzene ring substituents is 1. The van der Waals surface area contributed by atoms with Crippen LogP contribution in [0.4, 0.5) is 11.4 Å². The molecule has 0 aliphatic carbocycles. The van der Waals surface area contributed by atoms with Gasteiger partial charge >= 0.3 is 0 Å². The van der Waals surface area contributed by atoms with E-state index in [-0.39, 0.29) is 5.69 Å². The molecule has 0 atom stereocenters. The predicted molar refractivity (Wildman–Crippen MR) is 93.2 cm³/mol. The first-order valence-corrected chi connectivity index (χ1v) is 7.36. The molecule has 0 saturated carbocycles. The van der Waals surface area contributed by atoms with Crippen molar-refractivity contribution in [2.75, 3.05) is 19.0 Å². The molecule has 0 bridgehead atoms. The van der Waals surface area contributed by atoms with Gasteiger partial charge in [0, 0.05) is 47.9 Å². The smallest absolute Gasteiger partial charge is 0.270 e. The van der Waals surface area contributed by atoms with Crippen LogP contribution in [0.1, 0.15) is 0 Å². The zero-order valence-electron chi connectivity index (χ0n) is 12.7. The monoisotopic (exact) mass is 327 g/mol. The Kier molecular flexibility index (Phi) is 3.88. The molecule has 0 unspecified atom stereocenters. The first-order valence-electron chi connectivity index (χ1n) is 6.98. The Bertz CT molecular complexity index is 909. The van der Waals surface area contributed by atoms with E-state index in [4.69, 9.17) is 11.6 Å². The highest BCUT2D eigenvalue weighted by atomic mass is 35.5. The van der Waals surface area contributed by atoms with Crippen LogP contribution in [0.5, 0.6) is 0 Å². The third kappa shape index (κ3) is 2.96. The van der Waals surface area contributed by atoms with E-state index in [1.807, 2.05) is 49.3 Å². The first kappa shape index (κ1) is 15.2. The van der Waals surface area contributed by atoms with Crippen LogP contribution in [-0.4, -0.2) is 24.0 Å². The van der Waals surface area contributed by atoms with Gasteiger partial charge in [-0.2, -0.15) is 0 Å². The molecule has 1 heterocycles. The predicted octanol–water partition coefficient (Wildman–Crippen LogP) is 4.53. The maximum absolute atomic E-state index is 11.0. The topological polar surface area (TPSA) is 59.3 Å². The van der Waals surface area contributed by atoms with Crippen LogP contribution in [0.15, 0.2) is 48.5 Å². The molecule has 0 spiro atoms. The van der Waals surface area contributed by atoms with Gasteiger partial charge in [-0.15, -0.1) is 0 Å². The lowest BCUT2D eigenvalue weighted by atomic mass is 10.1. The summed E-state index contributed by atoms with van der Waals surface area (Å²) in [4.78, 5) is 17.2. The standard InChI is InChI=1S/C17H14ClN3O2/c1-20(2)17-10-16(11-4-3-5-12(18)8-11)19-15-7-6-13(21(22)23)9-14(15)17/h3-10H,1-2H3. The van der Waals surface area contributed by atoms with Gasteiger partial charge in [-0.05, 0) is 24.3 Å². The average Bonchev–Trinajstić information content (AvgIpc) is 2.53. The van der Waals surface area contributed by atoms with Gasteiger partial charge < -0.3 is 4.90 Å². The fourth-order valence-electron chi connectivity index (χ4n) is 2.48. The lowest BCUT2D eigenvalue weighted by Gasteiger charge is -2.17. The molecule has 116 valence electrons. The van der Waals surface area contributed by atoms with Crippen LogP contribution in [0.3, 0.4) is 0 Å². The fourth-order valence-corrected chi connectivity index (χ4v) is 2.67. The Morgan fingerprint density at radius 3 is 2.57 bits per heavy atom. The van der Waals surface area contributed by atoms with Crippen molar-refractivity contribution in [1.29, 1.82) is 0 Å². The molecule has 5 nitrogen and oxygen atoms in total. The van der Waals surface area contributed by atoms with Crippen LogP contribution >= 0.6 is 11.6 Å². The highest BCUT2D eigenvalue weighted by Gasteiger charge is 2.13. The van der Waals surface area contributed by atoms with Crippen molar-refractivity contribution in [1.82, 2.24) is 4.98 Å². The van der Waals surface area contributed by atoms with Gasteiger partial charge in [-0.25, -0.2) is 4.98 Å². The number of fused-ring (bicyclic) bond motifs is 1. The molecule has 2 aromatic carbocycles. The quantitative estimate of drug-likeness (QED) is 0.524. The lowest BCUT2D eigenvalue weighted by Crippen LogP contribution is -2.10. The molecule has 3 aromatic rings. The molecule has 0 fully saturated rings. The second kappa shape index (κ2) is 5.85. The molecule has 0 aliphatic rings. The van der Waals surface area contributed by atoms with Gasteiger partial charge in [-0.1, -0.05) is 23.7 Å². The number of rotatable bonds is 3. The number of anilines is 1. The molecule has 0 N–H and O–H groups in total. The first-order chi connectivity index (χ1) is 11.0. The Labute approximate surface area is 138 Å². The molecule has 0 amide bonds. The summed E-state index contributed by atoms with van der Waals surface area (Å²) in [5, 5.41) is 12.4. The van der Waals surface area contributed by atoms with Gasteiger partial charge in [0.15, 0.2) is 0 Å². The summed E-state index contributed by atoms with van der Waals surface area (Å²) in [6.45, 7) is 0. The summed E-state index contributed by atoms with van der Waals surface area (Å²) in [7, 11) is 3.80. The van der Waals surface area contributed by atoms with Crippen molar-refractivity contribution in [3.8, 4) is 11.3 Å². The van der Waals surface area contributed by atoms with Gasteiger partial charge in [0.2, 0.25) is 0 Å². The highest BCUT2D eigenvalue weighted by molar-refractivity contribution is 6.30. The summed E-state index contributed by atoms with van der Waals surface area (Å²) >= 11 is 6.06. The summed E-state index contributed by atoms with van der Waals surface area (Å²) in [5.41, 5.74) is 3.31. The third-order valence-electron chi connectivity index (χ3n) is 3.58. The van der Waals surface area contributed by atoms with Crippen molar-refractivity contribution in [3.05, 3.63) is 63.7 Å². The molecule has 0 saturated heterocycles. The Morgan fingerprint density at radius 2 is 1.91 bits per heavy atom. The second-order valence-electron chi connectivity index (χ2n) is 5.39. The number of halogens is 1. The molecule has 0 aliphatic heterocycles. The number of hydrogen-bond acceptors (Lipinski definition) is 4. The molecule has 0 radical (unpaired) electrons. The maximum Gasteiger partial charge on any atom is 0.270 e. The Balaban J connectivity index is 2.27. The average molecular weight is 328 g/mol. The third-order valence-corrected chi connectivity index (χ3v) is 3.82.